The van der Waals surface area contributed by atoms with Crippen LogP contribution in [0.1, 0.15) is 44.7 Å². The van der Waals surface area contributed by atoms with Crippen LogP contribution in [0, 0.1) is 5.92 Å². The minimum atomic E-state index is 0.604. The van der Waals surface area contributed by atoms with Gasteiger partial charge in [-0.05, 0) is 43.0 Å². The molecule has 2 rings (SSSR count). The van der Waals surface area contributed by atoms with Gasteiger partial charge in [0.05, 0.1) is 7.11 Å². The molecule has 1 aliphatic heterocycles. The van der Waals surface area contributed by atoms with Crippen LogP contribution in [0.5, 0.6) is 5.75 Å². The highest BCUT2D eigenvalue weighted by Gasteiger charge is 2.24. The van der Waals surface area contributed by atoms with Crippen LogP contribution in [0.15, 0.2) is 24.3 Å². The average molecular weight is 247 g/mol. The Morgan fingerprint density at radius 3 is 2.56 bits per heavy atom. The highest BCUT2D eigenvalue weighted by atomic mass is 16.5. The highest BCUT2D eigenvalue weighted by molar-refractivity contribution is 5.29. The first-order chi connectivity index (χ1) is 8.70. The Labute approximate surface area is 111 Å². The topological polar surface area (TPSA) is 12.5 Å². The van der Waals surface area contributed by atoms with Gasteiger partial charge in [0, 0.05) is 12.6 Å². The molecule has 1 fully saturated rings. The maximum Gasteiger partial charge on any atom is 0.118 e. The number of hydrogen-bond acceptors (Lipinski definition) is 2. The van der Waals surface area contributed by atoms with Crippen molar-refractivity contribution in [1.82, 2.24) is 4.90 Å². The van der Waals surface area contributed by atoms with Crippen LogP contribution in [0.4, 0.5) is 0 Å². The van der Waals surface area contributed by atoms with Crippen molar-refractivity contribution in [2.45, 2.75) is 39.2 Å². The number of hydrogen-bond donors (Lipinski definition) is 0. The summed E-state index contributed by atoms with van der Waals surface area (Å²) in [7, 11) is 1.72. The van der Waals surface area contributed by atoms with Gasteiger partial charge in [-0.15, -0.1) is 0 Å². The van der Waals surface area contributed by atoms with E-state index < -0.39 is 0 Å². The number of nitrogens with zero attached hydrogens (tertiary/aromatic N) is 1. The largest absolute Gasteiger partial charge is 0.497 e. The van der Waals surface area contributed by atoms with Gasteiger partial charge in [0.15, 0.2) is 0 Å². The molecule has 0 N–H and O–H groups in total. The first-order valence-electron chi connectivity index (χ1n) is 7.08. The number of ether oxygens (including phenoxy) is 1. The lowest BCUT2D eigenvalue weighted by Gasteiger charge is -2.37. The Balaban J connectivity index is 2.11. The summed E-state index contributed by atoms with van der Waals surface area (Å²) in [6.45, 7) is 7.06. The molecule has 1 heterocycles. The molecule has 1 atom stereocenters. The van der Waals surface area contributed by atoms with Crippen LogP contribution < -0.4 is 4.74 Å². The first kappa shape index (κ1) is 13.4. The van der Waals surface area contributed by atoms with E-state index in [1.54, 1.807) is 7.11 Å². The fourth-order valence-electron chi connectivity index (χ4n) is 2.88. The summed E-state index contributed by atoms with van der Waals surface area (Å²) in [5.74, 6) is 1.69. The van der Waals surface area contributed by atoms with E-state index in [1.165, 1.54) is 37.9 Å². The molecule has 0 saturated carbocycles. The molecule has 1 aromatic carbocycles. The molecule has 1 unspecified atom stereocenters. The normalized spacial score (nSPS) is 21.2. The summed E-state index contributed by atoms with van der Waals surface area (Å²) in [6.07, 6.45) is 3.99. The average Bonchev–Trinajstić information content (AvgIpc) is 2.39. The van der Waals surface area contributed by atoms with Crippen molar-refractivity contribution in [2.24, 2.45) is 5.92 Å². The van der Waals surface area contributed by atoms with Gasteiger partial charge < -0.3 is 4.74 Å². The van der Waals surface area contributed by atoms with Gasteiger partial charge >= 0.3 is 0 Å². The van der Waals surface area contributed by atoms with E-state index in [4.69, 9.17) is 4.74 Å². The van der Waals surface area contributed by atoms with Crippen LogP contribution in [-0.2, 0) is 0 Å². The van der Waals surface area contributed by atoms with Crippen molar-refractivity contribution in [3.63, 3.8) is 0 Å². The first-order valence-corrected chi connectivity index (χ1v) is 7.08. The lowest BCUT2D eigenvalue weighted by atomic mass is 9.94. The van der Waals surface area contributed by atoms with E-state index in [9.17, 15) is 0 Å². The van der Waals surface area contributed by atoms with Gasteiger partial charge in [-0.25, -0.2) is 0 Å². The summed E-state index contributed by atoms with van der Waals surface area (Å²) in [6, 6.07) is 9.21. The van der Waals surface area contributed by atoms with Gasteiger partial charge in [-0.1, -0.05) is 32.4 Å². The molecule has 0 bridgehead atoms. The van der Waals surface area contributed by atoms with E-state index in [2.05, 4.69) is 43.0 Å². The van der Waals surface area contributed by atoms with Crippen molar-refractivity contribution in [1.29, 1.82) is 0 Å². The predicted molar refractivity (Wildman–Crippen MR) is 76.0 cm³/mol. The molecule has 2 nitrogen and oxygen atoms in total. The molecule has 0 spiro atoms. The van der Waals surface area contributed by atoms with E-state index in [0.29, 0.717) is 6.04 Å². The number of piperidine rings is 1. The lowest BCUT2D eigenvalue weighted by Crippen LogP contribution is -2.36. The quantitative estimate of drug-likeness (QED) is 0.800. The Hall–Kier alpha value is -1.02. The van der Waals surface area contributed by atoms with Crippen molar-refractivity contribution >= 4 is 0 Å². The van der Waals surface area contributed by atoms with Crippen LogP contribution >= 0.6 is 0 Å². The van der Waals surface area contributed by atoms with Crippen molar-refractivity contribution in [2.75, 3.05) is 20.2 Å². The highest BCUT2D eigenvalue weighted by Crippen LogP contribution is 2.32. The molecular formula is C16H25NO. The molecule has 2 heteroatoms. The molecule has 0 aliphatic carbocycles. The molecule has 1 saturated heterocycles. The standard InChI is InChI=1S/C16H25NO/c1-13(2)12-17-11-5-4-6-16(17)14-7-9-15(18-3)10-8-14/h7-10,13,16H,4-6,11-12H2,1-3H3. The second-order valence-electron chi connectivity index (χ2n) is 5.67. The third kappa shape index (κ3) is 3.26. The van der Waals surface area contributed by atoms with Gasteiger partial charge in [0.25, 0.3) is 0 Å². The molecule has 1 aromatic rings. The van der Waals surface area contributed by atoms with Gasteiger partial charge in [0.1, 0.15) is 5.75 Å². The molecule has 1 aliphatic rings. The zero-order valence-corrected chi connectivity index (χ0v) is 11.9. The van der Waals surface area contributed by atoms with Crippen LogP contribution in [0.2, 0.25) is 0 Å². The van der Waals surface area contributed by atoms with Crippen molar-refractivity contribution in [3.8, 4) is 5.75 Å². The number of benzene rings is 1. The molecule has 0 aromatic heterocycles. The maximum atomic E-state index is 5.23. The van der Waals surface area contributed by atoms with Gasteiger partial charge in [-0.2, -0.15) is 0 Å². The third-order valence-corrected chi connectivity index (χ3v) is 3.71. The zero-order chi connectivity index (χ0) is 13.0. The predicted octanol–water partition coefficient (Wildman–Crippen LogP) is 3.88. The van der Waals surface area contributed by atoms with Crippen molar-refractivity contribution < 1.29 is 4.74 Å². The summed E-state index contributed by atoms with van der Waals surface area (Å²) in [5, 5.41) is 0. The Bertz CT molecular complexity index is 358. The molecule has 18 heavy (non-hydrogen) atoms. The summed E-state index contributed by atoms with van der Waals surface area (Å²) in [4.78, 5) is 2.65. The fourth-order valence-corrected chi connectivity index (χ4v) is 2.88. The number of rotatable bonds is 4. The zero-order valence-electron chi connectivity index (χ0n) is 11.9. The van der Waals surface area contributed by atoms with E-state index >= 15 is 0 Å². The monoisotopic (exact) mass is 247 g/mol. The summed E-state index contributed by atoms with van der Waals surface area (Å²) >= 11 is 0. The molecule has 0 radical (unpaired) electrons. The number of likely N-dealkylation sites (tertiary alicyclic amines) is 1. The minimum Gasteiger partial charge on any atom is -0.497 e. The van der Waals surface area contributed by atoms with Crippen molar-refractivity contribution in [3.05, 3.63) is 29.8 Å². The molecular weight excluding hydrogens is 222 g/mol. The molecule has 100 valence electrons. The number of methoxy groups -OCH3 is 1. The van der Waals surface area contributed by atoms with E-state index in [1.807, 2.05) is 0 Å². The lowest BCUT2D eigenvalue weighted by molar-refractivity contribution is 0.132. The Kier molecular flexibility index (Phi) is 4.65. The smallest absolute Gasteiger partial charge is 0.118 e. The summed E-state index contributed by atoms with van der Waals surface area (Å²) in [5.41, 5.74) is 1.44. The van der Waals surface area contributed by atoms with Gasteiger partial charge in [-0.3, -0.25) is 4.90 Å². The van der Waals surface area contributed by atoms with E-state index in [-0.39, 0.29) is 0 Å². The van der Waals surface area contributed by atoms with E-state index in [0.717, 1.165) is 11.7 Å². The van der Waals surface area contributed by atoms with Crippen LogP contribution in [0.25, 0.3) is 0 Å². The molecule has 0 amide bonds. The second-order valence-corrected chi connectivity index (χ2v) is 5.67. The fraction of sp³-hybridized carbons (Fsp3) is 0.625. The van der Waals surface area contributed by atoms with Crippen LogP contribution in [0.3, 0.4) is 0 Å². The Morgan fingerprint density at radius 1 is 1.22 bits per heavy atom. The SMILES string of the molecule is COc1ccc(C2CCCCN2CC(C)C)cc1. The summed E-state index contributed by atoms with van der Waals surface area (Å²) < 4.78 is 5.23. The Morgan fingerprint density at radius 2 is 1.94 bits per heavy atom. The second kappa shape index (κ2) is 6.24. The third-order valence-electron chi connectivity index (χ3n) is 3.71. The maximum absolute atomic E-state index is 5.23. The van der Waals surface area contributed by atoms with Crippen LogP contribution in [-0.4, -0.2) is 25.1 Å². The minimum absolute atomic E-state index is 0.604. The van der Waals surface area contributed by atoms with Gasteiger partial charge in [0.2, 0.25) is 0 Å².